The summed E-state index contributed by atoms with van der Waals surface area (Å²) >= 11 is 0. The smallest absolute Gasteiger partial charge is 0.0682 e. The van der Waals surface area contributed by atoms with Crippen molar-refractivity contribution < 1.29 is 5.11 Å². The minimum Gasteiger partial charge on any atom is -0.392 e. The fraction of sp³-hybridized carbons (Fsp3) is 0.500. The summed E-state index contributed by atoms with van der Waals surface area (Å²) in [4.78, 5) is 2.38. The van der Waals surface area contributed by atoms with Crippen LogP contribution < -0.4 is 5.32 Å². The second-order valence-electron chi connectivity index (χ2n) is 6.50. The van der Waals surface area contributed by atoms with Gasteiger partial charge >= 0.3 is 0 Å². The summed E-state index contributed by atoms with van der Waals surface area (Å²) < 4.78 is 1.85. The molecular weight excluding hydrogens is 288 g/mol. The number of nitrogens with one attached hydrogen (secondary N) is 1. The summed E-state index contributed by atoms with van der Waals surface area (Å²) in [5.41, 5.74) is 3.61. The van der Waals surface area contributed by atoms with Crippen LogP contribution in [0.1, 0.15) is 23.2 Å². The number of hydrogen-bond donors (Lipinski definition) is 2. The first-order chi connectivity index (χ1) is 11.1. The number of benzene rings is 1. The lowest BCUT2D eigenvalue weighted by atomic mass is 10.1. The summed E-state index contributed by atoms with van der Waals surface area (Å²) in [6.07, 6.45) is 2.69. The van der Waals surface area contributed by atoms with Gasteiger partial charge in [-0.2, -0.15) is 5.10 Å². The maximum absolute atomic E-state index is 10.0. The minimum absolute atomic E-state index is 0.217. The molecule has 2 heterocycles. The molecule has 1 fully saturated rings. The molecule has 2 N–H and O–H groups in total. The highest BCUT2D eigenvalue weighted by atomic mass is 16.3. The van der Waals surface area contributed by atoms with Gasteiger partial charge in [-0.1, -0.05) is 30.3 Å². The highest BCUT2D eigenvalue weighted by Crippen LogP contribution is 2.20. The van der Waals surface area contributed by atoms with Gasteiger partial charge in [0.05, 0.1) is 11.8 Å². The van der Waals surface area contributed by atoms with E-state index in [-0.39, 0.29) is 6.10 Å². The largest absolute Gasteiger partial charge is 0.392 e. The van der Waals surface area contributed by atoms with Crippen molar-refractivity contribution in [1.29, 1.82) is 0 Å². The van der Waals surface area contributed by atoms with Crippen LogP contribution in [0.25, 0.3) is 0 Å². The molecule has 3 rings (SSSR count). The van der Waals surface area contributed by atoms with Crippen LogP contribution >= 0.6 is 0 Å². The topological polar surface area (TPSA) is 53.3 Å². The molecule has 2 aromatic rings. The molecule has 0 bridgehead atoms. The second-order valence-corrected chi connectivity index (χ2v) is 6.50. The van der Waals surface area contributed by atoms with Crippen LogP contribution in [0.5, 0.6) is 0 Å². The van der Waals surface area contributed by atoms with Crippen LogP contribution in [0.3, 0.4) is 0 Å². The molecule has 0 radical (unpaired) electrons. The summed E-state index contributed by atoms with van der Waals surface area (Å²) in [5, 5.41) is 17.9. The Kier molecular flexibility index (Phi) is 5.10. The second kappa shape index (κ2) is 7.25. The average Bonchev–Trinajstić information content (AvgIpc) is 3.02. The van der Waals surface area contributed by atoms with Gasteiger partial charge in [-0.25, -0.2) is 0 Å². The summed E-state index contributed by atoms with van der Waals surface area (Å²) in [7, 11) is 1.95. The third-order valence-corrected chi connectivity index (χ3v) is 4.54. The van der Waals surface area contributed by atoms with Crippen molar-refractivity contribution in [2.24, 2.45) is 7.05 Å². The van der Waals surface area contributed by atoms with Crippen molar-refractivity contribution >= 4 is 0 Å². The van der Waals surface area contributed by atoms with E-state index in [1.165, 1.54) is 11.1 Å². The zero-order chi connectivity index (χ0) is 16.2. The van der Waals surface area contributed by atoms with Gasteiger partial charge in [-0.15, -0.1) is 0 Å². The average molecular weight is 314 g/mol. The molecule has 1 aromatic heterocycles. The van der Waals surface area contributed by atoms with Crippen molar-refractivity contribution in [2.75, 3.05) is 13.1 Å². The van der Waals surface area contributed by atoms with E-state index in [0.29, 0.717) is 6.04 Å². The van der Waals surface area contributed by atoms with E-state index in [9.17, 15) is 5.11 Å². The van der Waals surface area contributed by atoms with Crippen molar-refractivity contribution in [2.45, 2.75) is 38.6 Å². The quantitative estimate of drug-likeness (QED) is 0.847. The van der Waals surface area contributed by atoms with Gasteiger partial charge in [0.2, 0.25) is 0 Å². The van der Waals surface area contributed by atoms with E-state index in [4.69, 9.17) is 0 Å². The highest BCUT2D eigenvalue weighted by molar-refractivity contribution is 5.16. The van der Waals surface area contributed by atoms with Gasteiger partial charge in [0.25, 0.3) is 0 Å². The van der Waals surface area contributed by atoms with Crippen molar-refractivity contribution in [3.63, 3.8) is 0 Å². The molecular formula is C18H26N4O. The molecule has 1 aliphatic rings. The Balaban J connectivity index is 1.54. The number of hydrogen-bond acceptors (Lipinski definition) is 4. The number of likely N-dealkylation sites (tertiary alicyclic amines) is 1. The molecule has 0 amide bonds. The number of rotatable bonds is 6. The molecule has 1 aliphatic heterocycles. The normalized spacial score (nSPS) is 21.9. The van der Waals surface area contributed by atoms with Crippen LogP contribution in [0, 0.1) is 6.92 Å². The minimum atomic E-state index is -0.217. The van der Waals surface area contributed by atoms with Crippen LogP contribution in [-0.2, 0) is 20.1 Å². The molecule has 23 heavy (non-hydrogen) atoms. The molecule has 0 spiro atoms. The molecule has 2 unspecified atom stereocenters. The van der Waals surface area contributed by atoms with Crippen LogP contribution in [-0.4, -0.2) is 45.0 Å². The number of β-amino-alcohol motifs (C(OH)–C–C–N with tert-alkyl or cyclic N) is 1. The Morgan fingerprint density at radius 1 is 1.30 bits per heavy atom. The first-order valence-electron chi connectivity index (χ1n) is 8.27. The lowest BCUT2D eigenvalue weighted by Gasteiger charge is -2.24. The Labute approximate surface area is 137 Å². The SMILES string of the molecule is Cc1nn(C)cc1CNCC1CC(O)CN1Cc1ccccc1. The van der Waals surface area contributed by atoms with Gasteiger partial charge in [0.15, 0.2) is 0 Å². The predicted molar refractivity (Wildman–Crippen MR) is 90.9 cm³/mol. The molecule has 1 aromatic carbocycles. The summed E-state index contributed by atoms with van der Waals surface area (Å²) in [6, 6.07) is 10.8. The Morgan fingerprint density at radius 2 is 2.09 bits per heavy atom. The number of nitrogens with zero attached hydrogens (tertiary/aromatic N) is 3. The molecule has 0 aliphatic carbocycles. The third-order valence-electron chi connectivity index (χ3n) is 4.54. The fourth-order valence-corrected chi connectivity index (χ4v) is 3.38. The number of aromatic nitrogens is 2. The molecule has 5 heteroatoms. The zero-order valence-corrected chi connectivity index (χ0v) is 13.9. The van der Waals surface area contributed by atoms with E-state index < -0.39 is 0 Å². The van der Waals surface area contributed by atoms with E-state index in [0.717, 1.165) is 38.3 Å². The molecule has 2 atom stereocenters. The van der Waals surface area contributed by atoms with Crippen molar-refractivity contribution in [3.8, 4) is 0 Å². The fourth-order valence-electron chi connectivity index (χ4n) is 3.38. The van der Waals surface area contributed by atoms with Gasteiger partial charge in [0.1, 0.15) is 0 Å². The van der Waals surface area contributed by atoms with Gasteiger partial charge in [-0.3, -0.25) is 9.58 Å². The Bertz CT molecular complexity index is 625. The Morgan fingerprint density at radius 3 is 2.78 bits per heavy atom. The first-order valence-corrected chi connectivity index (χ1v) is 8.27. The standard InChI is InChI=1S/C18H26N4O/c1-14-16(12-21(2)20-14)9-19-10-17-8-18(23)13-22(17)11-15-6-4-3-5-7-15/h3-7,12,17-19,23H,8-11,13H2,1-2H3. The van der Waals surface area contributed by atoms with Gasteiger partial charge in [-0.05, 0) is 18.9 Å². The number of aryl methyl sites for hydroxylation is 2. The molecule has 1 saturated heterocycles. The van der Waals surface area contributed by atoms with Crippen LogP contribution in [0.4, 0.5) is 0 Å². The number of aliphatic hydroxyl groups excluding tert-OH is 1. The maximum Gasteiger partial charge on any atom is 0.0682 e. The van der Waals surface area contributed by atoms with E-state index in [1.54, 1.807) is 0 Å². The van der Waals surface area contributed by atoms with E-state index >= 15 is 0 Å². The predicted octanol–water partition coefficient (Wildman–Crippen LogP) is 1.45. The van der Waals surface area contributed by atoms with Crippen LogP contribution in [0.2, 0.25) is 0 Å². The van der Waals surface area contributed by atoms with Crippen molar-refractivity contribution in [3.05, 3.63) is 53.3 Å². The van der Waals surface area contributed by atoms with E-state index in [2.05, 4.69) is 45.8 Å². The van der Waals surface area contributed by atoms with Crippen molar-refractivity contribution in [1.82, 2.24) is 20.0 Å². The van der Waals surface area contributed by atoms with Gasteiger partial charge in [0, 0.05) is 51.0 Å². The third kappa shape index (κ3) is 4.19. The highest BCUT2D eigenvalue weighted by Gasteiger charge is 2.30. The Hall–Kier alpha value is -1.69. The lowest BCUT2D eigenvalue weighted by Crippen LogP contribution is -2.37. The lowest BCUT2D eigenvalue weighted by molar-refractivity contribution is 0.172. The van der Waals surface area contributed by atoms with Gasteiger partial charge < -0.3 is 10.4 Å². The molecule has 0 saturated carbocycles. The summed E-state index contributed by atoms with van der Waals surface area (Å²) in [6.45, 7) is 5.41. The van der Waals surface area contributed by atoms with Crippen LogP contribution in [0.15, 0.2) is 36.5 Å². The maximum atomic E-state index is 10.0. The summed E-state index contributed by atoms with van der Waals surface area (Å²) in [5.74, 6) is 0. The number of aliphatic hydroxyl groups is 1. The van der Waals surface area contributed by atoms with E-state index in [1.807, 2.05) is 24.7 Å². The molecule has 5 nitrogen and oxygen atoms in total. The zero-order valence-electron chi connectivity index (χ0n) is 13.9. The monoisotopic (exact) mass is 314 g/mol. The molecule has 124 valence electrons. The first kappa shape index (κ1) is 16.2.